The summed E-state index contributed by atoms with van der Waals surface area (Å²) >= 11 is 1.25. The second-order valence-electron chi connectivity index (χ2n) is 3.14. The van der Waals surface area contributed by atoms with Gasteiger partial charge in [0.15, 0.2) is 0 Å². The van der Waals surface area contributed by atoms with Gasteiger partial charge in [-0.05, 0) is 42.6 Å². The van der Waals surface area contributed by atoms with Crippen molar-refractivity contribution in [2.75, 3.05) is 6.61 Å². The molecule has 3 heteroatoms. The second kappa shape index (κ2) is 6.74. The number of unbranched alkanes of at least 4 members (excludes halogenated alkanes) is 2. The van der Waals surface area contributed by atoms with Gasteiger partial charge in [0.05, 0.1) is 6.61 Å². The van der Waals surface area contributed by atoms with E-state index in [0.717, 1.165) is 23.7 Å². The molecule has 0 spiro atoms. The quantitative estimate of drug-likeness (QED) is 0.579. The lowest BCUT2D eigenvalue weighted by Gasteiger charge is -2.05. The smallest absolute Gasteiger partial charge is 0.119 e. The topological polar surface area (TPSA) is 35.2 Å². The van der Waals surface area contributed by atoms with E-state index in [4.69, 9.17) is 9.88 Å². The number of nitrogens with two attached hydrogens (primary N) is 1. The van der Waals surface area contributed by atoms with E-state index in [1.54, 1.807) is 0 Å². The lowest BCUT2D eigenvalue weighted by Crippen LogP contribution is -1.96. The molecule has 2 N–H and O–H groups in total. The minimum absolute atomic E-state index is 0.808. The first-order valence-electron chi connectivity index (χ1n) is 4.96. The Morgan fingerprint density at radius 3 is 2.50 bits per heavy atom. The summed E-state index contributed by atoms with van der Waals surface area (Å²) < 4.78 is 5.56. The van der Waals surface area contributed by atoms with Crippen LogP contribution in [-0.4, -0.2) is 6.61 Å². The molecule has 0 bridgehead atoms. The highest BCUT2D eigenvalue weighted by atomic mass is 32.2. The van der Waals surface area contributed by atoms with E-state index < -0.39 is 0 Å². The summed E-state index contributed by atoms with van der Waals surface area (Å²) in [4.78, 5) is 1.06. The fourth-order valence-corrected chi connectivity index (χ4v) is 1.45. The fourth-order valence-electron chi connectivity index (χ4n) is 1.16. The van der Waals surface area contributed by atoms with E-state index in [2.05, 4.69) is 6.92 Å². The highest BCUT2D eigenvalue weighted by Gasteiger charge is 1.94. The zero-order valence-corrected chi connectivity index (χ0v) is 9.35. The number of hydrogen-bond donors (Lipinski definition) is 1. The average Bonchev–Trinajstić information content (AvgIpc) is 2.25. The Morgan fingerprint density at radius 2 is 1.93 bits per heavy atom. The Kier molecular flexibility index (Phi) is 5.49. The van der Waals surface area contributed by atoms with Gasteiger partial charge < -0.3 is 4.74 Å². The molecule has 0 aliphatic carbocycles. The van der Waals surface area contributed by atoms with Gasteiger partial charge in [0.2, 0.25) is 0 Å². The van der Waals surface area contributed by atoms with Gasteiger partial charge in [0, 0.05) is 4.90 Å². The molecule has 0 aromatic heterocycles. The Hall–Kier alpha value is -0.670. The van der Waals surface area contributed by atoms with Crippen LogP contribution >= 0.6 is 11.9 Å². The highest BCUT2D eigenvalue weighted by Crippen LogP contribution is 2.17. The maximum atomic E-state index is 5.56. The van der Waals surface area contributed by atoms with E-state index >= 15 is 0 Å². The van der Waals surface area contributed by atoms with Crippen molar-refractivity contribution in [3.63, 3.8) is 0 Å². The molecule has 0 heterocycles. The van der Waals surface area contributed by atoms with Crippen LogP contribution in [-0.2, 0) is 0 Å². The second-order valence-corrected chi connectivity index (χ2v) is 3.85. The molecule has 0 aliphatic heterocycles. The third kappa shape index (κ3) is 4.03. The van der Waals surface area contributed by atoms with Crippen molar-refractivity contribution in [3.05, 3.63) is 24.3 Å². The van der Waals surface area contributed by atoms with Gasteiger partial charge in [-0.3, -0.25) is 5.14 Å². The monoisotopic (exact) mass is 211 g/mol. The first-order valence-corrected chi connectivity index (χ1v) is 5.84. The molecule has 0 aliphatic rings. The van der Waals surface area contributed by atoms with Crippen molar-refractivity contribution in [2.45, 2.75) is 31.1 Å². The normalized spacial score (nSPS) is 10.1. The van der Waals surface area contributed by atoms with Crippen molar-refractivity contribution in [2.24, 2.45) is 5.14 Å². The van der Waals surface area contributed by atoms with Crippen LogP contribution < -0.4 is 9.88 Å². The lowest BCUT2D eigenvalue weighted by molar-refractivity contribution is 0.306. The van der Waals surface area contributed by atoms with Crippen LogP contribution in [0, 0.1) is 0 Å². The summed E-state index contributed by atoms with van der Waals surface area (Å²) in [5.41, 5.74) is 0. The molecule has 0 fully saturated rings. The Morgan fingerprint density at radius 1 is 1.21 bits per heavy atom. The van der Waals surface area contributed by atoms with Gasteiger partial charge in [-0.2, -0.15) is 0 Å². The molecular formula is C11H17NOS. The van der Waals surface area contributed by atoms with E-state index in [1.165, 1.54) is 24.8 Å². The van der Waals surface area contributed by atoms with Gasteiger partial charge in [-0.15, -0.1) is 0 Å². The fraction of sp³-hybridized carbons (Fsp3) is 0.455. The molecule has 0 saturated heterocycles. The molecule has 78 valence electrons. The van der Waals surface area contributed by atoms with Crippen LogP contribution in [0.2, 0.25) is 0 Å². The summed E-state index contributed by atoms with van der Waals surface area (Å²) in [6.07, 6.45) is 3.59. The average molecular weight is 211 g/mol. The number of benzene rings is 1. The number of rotatable bonds is 6. The molecule has 0 amide bonds. The third-order valence-electron chi connectivity index (χ3n) is 1.98. The van der Waals surface area contributed by atoms with Gasteiger partial charge in [-0.25, -0.2) is 0 Å². The zero-order chi connectivity index (χ0) is 10.2. The predicted molar refractivity (Wildman–Crippen MR) is 61.5 cm³/mol. The highest BCUT2D eigenvalue weighted by molar-refractivity contribution is 7.97. The van der Waals surface area contributed by atoms with Crippen LogP contribution in [0.15, 0.2) is 29.2 Å². The molecule has 2 nitrogen and oxygen atoms in total. The Balaban J connectivity index is 2.29. The van der Waals surface area contributed by atoms with Gasteiger partial charge in [-0.1, -0.05) is 19.8 Å². The maximum absolute atomic E-state index is 5.56. The van der Waals surface area contributed by atoms with Crippen molar-refractivity contribution in [3.8, 4) is 5.75 Å². The first kappa shape index (κ1) is 11.4. The number of ether oxygens (including phenoxy) is 1. The summed E-state index contributed by atoms with van der Waals surface area (Å²) in [5, 5.41) is 5.42. The van der Waals surface area contributed by atoms with E-state index in [9.17, 15) is 0 Å². The van der Waals surface area contributed by atoms with Crippen LogP contribution in [0.4, 0.5) is 0 Å². The zero-order valence-electron chi connectivity index (χ0n) is 8.53. The van der Waals surface area contributed by atoms with E-state index in [-0.39, 0.29) is 0 Å². The largest absolute Gasteiger partial charge is 0.494 e. The van der Waals surface area contributed by atoms with Gasteiger partial charge in [0.25, 0.3) is 0 Å². The molecule has 1 aromatic rings. The summed E-state index contributed by atoms with van der Waals surface area (Å²) in [5.74, 6) is 0.930. The first-order chi connectivity index (χ1) is 6.86. The van der Waals surface area contributed by atoms with Crippen molar-refractivity contribution >= 4 is 11.9 Å². The Bertz CT molecular complexity index is 248. The minimum atomic E-state index is 0.808. The summed E-state index contributed by atoms with van der Waals surface area (Å²) in [6.45, 7) is 3.00. The maximum Gasteiger partial charge on any atom is 0.119 e. The third-order valence-corrected chi connectivity index (χ3v) is 2.52. The lowest BCUT2D eigenvalue weighted by atomic mass is 10.3. The molecule has 0 unspecified atom stereocenters. The van der Waals surface area contributed by atoms with Crippen molar-refractivity contribution in [1.29, 1.82) is 0 Å². The summed E-state index contributed by atoms with van der Waals surface area (Å²) in [7, 11) is 0. The summed E-state index contributed by atoms with van der Waals surface area (Å²) in [6, 6.07) is 7.86. The van der Waals surface area contributed by atoms with Gasteiger partial charge in [0.1, 0.15) is 5.75 Å². The van der Waals surface area contributed by atoms with Crippen molar-refractivity contribution < 1.29 is 4.74 Å². The van der Waals surface area contributed by atoms with E-state index in [1.807, 2.05) is 24.3 Å². The molecule has 0 atom stereocenters. The van der Waals surface area contributed by atoms with Crippen LogP contribution in [0.3, 0.4) is 0 Å². The number of hydrogen-bond acceptors (Lipinski definition) is 3. The SMILES string of the molecule is CCCCCOc1ccc(SN)cc1. The Labute approximate surface area is 90.0 Å². The van der Waals surface area contributed by atoms with Crippen LogP contribution in [0.25, 0.3) is 0 Å². The van der Waals surface area contributed by atoms with Crippen LogP contribution in [0.1, 0.15) is 26.2 Å². The van der Waals surface area contributed by atoms with E-state index in [0.29, 0.717) is 0 Å². The molecule has 14 heavy (non-hydrogen) atoms. The molecule has 0 radical (unpaired) electrons. The van der Waals surface area contributed by atoms with Gasteiger partial charge >= 0.3 is 0 Å². The standard InChI is InChI=1S/C11H17NOS/c1-2-3-4-9-13-10-5-7-11(14-12)8-6-10/h5-8H,2-4,9,12H2,1H3. The predicted octanol–water partition coefficient (Wildman–Crippen LogP) is 3.22. The molecule has 1 rings (SSSR count). The molecule has 1 aromatic carbocycles. The molecule has 0 saturated carbocycles. The molecular weight excluding hydrogens is 194 g/mol. The van der Waals surface area contributed by atoms with Crippen molar-refractivity contribution in [1.82, 2.24) is 0 Å². The van der Waals surface area contributed by atoms with Crippen LogP contribution in [0.5, 0.6) is 5.75 Å². The minimum Gasteiger partial charge on any atom is -0.494 e.